The van der Waals surface area contributed by atoms with E-state index in [9.17, 15) is 8.42 Å². The predicted octanol–water partition coefficient (Wildman–Crippen LogP) is 3.95. The van der Waals surface area contributed by atoms with Gasteiger partial charge in [-0.3, -0.25) is 4.72 Å². The molecule has 2 heterocycles. The molecule has 0 fully saturated rings. The third-order valence-corrected chi connectivity index (χ3v) is 6.64. The standard InChI is InChI=1S/C24H22N8O2S/c1-15-7-13-19(14-8-15)35(33,34)31-18-11-9-17(10-12-18)28-24-29-20-5-3-4-6-21(20)32(24)23-27-16(2)26-22(25)30-23/h3-14,31H,1-2H3,(H,28,29)(H2,25,26,27,30). The highest BCUT2D eigenvalue weighted by molar-refractivity contribution is 7.92. The molecule has 10 nitrogen and oxygen atoms in total. The molecule has 4 N–H and O–H groups in total. The van der Waals surface area contributed by atoms with Gasteiger partial charge in [-0.05, 0) is 62.4 Å². The van der Waals surface area contributed by atoms with Crippen molar-refractivity contribution in [3.63, 3.8) is 0 Å². The van der Waals surface area contributed by atoms with Crippen molar-refractivity contribution in [2.45, 2.75) is 18.7 Å². The fourth-order valence-corrected chi connectivity index (χ4v) is 4.64. The summed E-state index contributed by atoms with van der Waals surface area (Å²) in [5.74, 6) is 1.42. The third-order valence-electron chi connectivity index (χ3n) is 5.24. The van der Waals surface area contributed by atoms with Crippen LogP contribution in [0.5, 0.6) is 0 Å². The number of rotatable bonds is 6. The number of nitrogens with zero attached hydrogens (tertiary/aromatic N) is 5. The van der Waals surface area contributed by atoms with Crippen molar-refractivity contribution in [2.24, 2.45) is 0 Å². The molecule has 0 aliphatic carbocycles. The van der Waals surface area contributed by atoms with Gasteiger partial charge in [0.1, 0.15) is 5.82 Å². The Morgan fingerprint density at radius 1 is 0.800 bits per heavy atom. The second-order valence-electron chi connectivity index (χ2n) is 7.92. The molecule has 0 saturated heterocycles. The molecular formula is C24H22N8O2S. The van der Waals surface area contributed by atoms with Crippen molar-refractivity contribution in [1.82, 2.24) is 24.5 Å². The van der Waals surface area contributed by atoms with E-state index >= 15 is 0 Å². The lowest BCUT2D eigenvalue weighted by Crippen LogP contribution is -2.13. The molecule has 0 unspecified atom stereocenters. The molecule has 0 spiro atoms. The number of para-hydroxylation sites is 2. The molecule has 11 heteroatoms. The average Bonchev–Trinajstić information content (AvgIpc) is 3.17. The minimum absolute atomic E-state index is 0.112. The third kappa shape index (κ3) is 4.62. The zero-order chi connectivity index (χ0) is 24.6. The summed E-state index contributed by atoms with van der Waals surface area (Å²) in [6.07, 6.45) is 0. The fraction of sp³-hybridized carbons (Fsp3) is 0.0833. The molecule has 0 saturated carbocycles. The van der Waals surface area contributed by atoms with Crippen LogP contribution in [-0.2, 0) is 10.0 Å². The smallest absolute Gasteiger partial charge is 0.261 e. The van der Waals surface area contributed by atoms with Crippen molar-refractivity contribution in [3.8, 4) is 5.95 Å². The van der Waals surface area contributed by atoms with E-state index in [-0.39, 0.29) is 10.8 Å². The molecule has 5 rings (SSSR count). The maximum absolute atomic E-state index is 12.7. The first-order valence-electron chi connectivity index (χ1n) is 10.7. The molecule has 5 aromatic rings. The Bertz CT molecular complexity index is 1610. The Balaban J connectivity index is 1.44. The Morgan fingerprint density at radius 2 is 1.49 bits per heavy atom. The van der Waals surface area contributed by atoms with Crippen LogP contribution in [0.2, 0.25) is 0 Å². The van der Waals surface area contributed by atoms with E-state index in [1.165, 1.54) is 0 Å². The second kappa shape index (κ2) is 8.69. The first-order chi connectivity index (χ1) is 16.8. The van der Waals surface area contributed by atoms with Gasteiger partial charge < -0.3 is 11.1 Å². The number of fused-ring (bicyclic) bond motifs is 1. The van der Waals surface area contributed by atoms with Crippen LogP contribution in [-0.4, -0.2) is 32.9 Å². The summed E-state index contributed by atoms with van der Waals surface area (Å²) < 4.78 is 29.7. The molecular weight excluding hydrogens is 464 g/mol. The van der Waals surface area contributed by atoms with Crippen molar-refractivity contribution >= 4 is 44.3 Å². The summed E-state index contributed by atoms with van der Waals surface area (Å²) in [5.41, 5.74) is 9.51. The normalized spacial score (nSPS) is 11.5. The first kappa shape index (κ1) is 22.3. The van der Waals surface area contributed by atoms with E-state index < -0.39 is 10.0 Å². The van der Waals surface area contributed by atoms with Gasteiger partial charge in [-0.15, -0.1) is 0 Å². The van der Waals surface area contributed by atoms with Gasteiger partial charge in [-0.1, -0.05) is 29.8 Å². The van der Waals surface area contributed by atoms with Crippen molar-refractivity contribution in [3.05, 3.63) is 84.2 Å². The largest absolute Gasteiger partial charge is 0.368 e. The maximum Gasteiger partial charge on any atom is 0.261 e. The molecule has 0 bridgehead atoms. The van der Waals surface area contributed by atoms with Gasteiger partial charge in [0.05, 0.1) is 15.9 Å². The molecule has 3 aromatic carbocycles. The topological polar surface area (TPSA) is 141 Å². The van der Waals surface area contributed by atoms with Crippen molar-refractivity contribution < 1.29 is 8.42 Å². The summed E-state index contributed by atoms with van der Waals surface area (Å²) in [6, 6.07) is 21.1. The number of hydrogen-bond donors (Lipinski definition) is 3. The number of aromatic nitrogens is 5. The molecule has 0 aliphatic rings. The zero-order valence-electron chi connectivity index (χ0n) is 19.0. The van der Waals surface area contributed by atoms with Gasteiger partial charge in [0, 0.05) is 11.4 Å². The zero-order valence-corrected chi connectivity index (χ0v) is 19.8. The van der Waals surface area contributed by atoms with Gasteiger partial charge >= 0.3 is 0 Å². The van der Waals surface area contributed by atoms with E-state index in [2.05, 4.69) is 30.0 Å². The van der Waals surface area contributed by atoms with Crippen LogP contribution in [0.4, 0.5) is 23.3 Å². The van der Waals surface area contributed by atoms with E-state index in [0.717, 1.165) is 16.6 Å². The molecule has 35 heavy (non-hydrogen) atoms. The lowest BCUT2D eigenvalue weighted by atomic mass is 10.2. The summed E-state index contributed by atoms with van der Waals surface area (Å²) in [6.45, 7) is 3.64. The number of imidazole rings is 1. The van der Waals surface area contributed by atoms with Crippen molar-refractivity contribution in [1.29, 1.82) is 0 Å². The molecule has 176 valence electrons. The van der Waals surface area contributed by atoms with E-state index in [4.69, 9.17) is 5.73 Å². The number of hydrogen-bond acceptors (Lipinski definition) is 8. The monoisotopic (exact) mass is 486 g/mol. The summed E-state index contributed by atoms with van der Waals surface area (Å²) in [7, 11) is -3.69. The van der Waals surface area contributed by atoms with Crippen LogP contribution < -0.4 is 15.8 Å². The van der Waals surface area contributed by atoms with Crippen LogP contribution in [0.3, 0.4) is 0 Å². The molecule has 0 amide bonds. The Labute approximate surface area is 202 Å². The van der Waals surface area contributed by atoms with Gasteiger partial charge in [0.25, 0.3) is 10.0 Å². The fourth-order valence-electron chi connectivity index (χ4n) is 3.58. The summed E-state index contributed by atoms with van der Waals surface area (Å²) >= 11 is 0. The highest BCUT2D eigenvalue weighted by Gasteiger charge is 2.17. The highest BCUT2D eigenvalue weighted by atomic mass is 32.2. The predicted molar refractivity (Wildman–Crippen MR) is 135 cm³/mol. The van der Waals surface area contributed by atoms with Gasteiger partial charge in [-0.2, -0.15) is 15.0 Å². The van der Waals surface area contributed by atoms with E-state index in [0.29, 0.717) is 29.1 Å². The van der Waals surface area contributed by atoms with E-state index in [1.54, 1.807) is 60.0 Å². The molecule has 0 radical (unpaired) electrons. The quantitative estimate of drug-likeness (QED) is 0.328. The minimum atomic E-state index is -3.69. The molecule has 0 atom stereocenters. The van der Waals surface area contributed by atoms with Crippen molar-refractivity contribution in [2.75, 3.05) is 15.8 Å². The van der Waals surface area contributed by atoms with E-state index in [1.807, 2.05) is 31.2 Å². The van der Waals surface area contributed by atoms with Crippen LogP contribution >= 0.6 is 0 Å². The second-order valence-corrected chi connectivity index (χ2v) is 9.60. The number of anilines is 4. The maximum atomic E-state index is 12.7. The van der Waals surface area contributed by atoms with Gasteiger partial charge in [-0.25, -0.2) is 18.0 Å². The number of nitrogens with one attached hydrogen (secondary N) is 2. The first-order valence-corrected chi connectivity index (χ1v) is 12.2. The summed E-state index contributed by atoms with van der Waals surface area (Å²) in [4.78, 5) is 17.6. The highest BCUT2D eigenvalue weighted by Crippen LogP contribution is 2.27. The lowest BCUT2D eigenvalue weighted by Gasteiger charge is -2.12. The Hall–Kier alpha value is -4.51. The van der Waals surface area contributed by atoms with Crippen LogP contribution in [0.15, 0.2) is 77.7 Å². The molecule has 2 aromatic heterocycles. The molecule has 0 aliphatic heterocycles. The van der Waals surface area contributed by atoms with Crippen LogP contribution in [0, 0.1) is 13.8 Å². The van der Waals surface area contributed by atoms with Crippen LogP contribution in [0.25, 0.3) is 17.0 Å². The SMILES string of the molecule is Cc1ccc(S(=O)(=O)Nc2ccc(Nc3nc4ccccc4n3-c3nc(C)nc(N)n3)cc2)cc1. The van der Waals surface area contributed by atoms with Gasteiger partial charge in [0.2, 0.25) is 17.8 Å². The number of aryl methyl sites for hydroxylation is 2. The Morgan fingerprint density at radius 3 is 2.20 bits per heavy atom. The van der Waals surface area contributed by atoms with Crippen LogP contribution in [0.1, 0.15) is 11.4 Å². The number of nitrogens with two attached hydrogens (primary N) is 1. The average molecular weight is 487 g/mol. The van der Waals surface area contributed by atoms with Gasteiger partial charge in [0.15, 0.2) is 0 Å². The number of nitrogen functional groups attached to an aromatic ring is 1. The number of benzene rings is 3. The minimum Gasteiger partial charge on any atom is -0.368 e. The Kier molecular flexibility index (Phi) is 5.53. The number of sulfonamides is 1. The lowest BCUT2D eigenvalue weighted by molar-refractivity contribution is 0.601. The summed E-state index contributed by atoms with van der Waals surface area (Å²) in [5, 5.41) is 3.26.